The van der Waals surface area contributed by atoms with E-state index in [0.717, 1.165) is 78.1 Å². The molecule has 16 aromatic rings. The fourth-order valence-corrected chi connectivity index (χ4v) is 13.9. The van der Waals surface area contributed by atoms with Crippen LogP contribution < -0.4 is 20.7 Å². The van der Waals surface area contributed by atoms with E-state index >= 15 is 4.79 Å². The largest absolute Gasteiger partial charge is 0.456 e. The average Bonchev–Trinajstić information content (AvgIpc) is 1.62. The van der Waals surface area contributed by atoms with Gasteiger partial charge in [0, 0.05) is 134 Å². The number of alkyl halides is 2. The van der Waals surface area contributed by atoms with Crippen LogP contribution >= 0.6 is 0 Å². The van der Waals surface area contributed by atoms with Crippen LogP contribution in [0.2, 0.25) is 0 Å². The molecule has 17 rings (SSSR count). The molecule has 1 aliphatic rings. The highest BCUT2D eigenvalue weighted by Gasteiger charge is 2.34. The van der Waals surface area contributed by atoms with Crippen molar-refractivity contribution in [3.05, 3.63) is 337 Å². The van der Waals surface area contributed by atoms with Crippen LogP contribution in [-0.2, 0) is 25.8 Å². The summed E-state index contributed by atoms with van der Waals surface area (Å²) in [5.74, 6) is -2.75. The van der Waals surface area contributed by atoms with E-state index in [0.29, 0.717) is 106 Å². The highest BCUT2D eigenvalue weighted by atomic mass is 19.3. The number of aromatic nitrogens is 12. The van der Waals surface area contributed by atoms with Crippen molar-refractivity contribution in [2.75, 3.05) is 29.0 Å². The number of para-hydroxylation sites is 3. The number of hydrogen-bond donors (Lipinski definition) is 4. The van der Waals surface area contributed by atoms with Gasteiger partial charge in [-0.2, -0.15) is 15.3 Å². The molecule has 3 amide bonds. The third-order valence-corrected chi connectivity index (χ3v) is 19.4. The lowest BCUT2D eigenvalue weighted by Gasteiger charge is -2.31. The first-order chi connectivity index (χ1) is 53.4. The Morgan fingerprint density at radius 3 is 1.59 bits per heavy atom. The number of ether oxygens (including phenoxy) is 1. The van der Waals surface area contributed by atoms with Crippen molar-refractivity contribution in [2.24, 2.45) is 0 Å². The number of aromatic amines is 1. The molecular formula is C87H66F2N16O4. The molecule has 20 nitrogen and oxygen atoms in total. The highest BCUT2D eigenvalue weighted by molar-refractivity contribution is 6.14. The van der Waals surface area contributed by atoms with Gasteiger partial charge in [0.15, 0.2) is 17.1 Å². The van der Waals surface area contributed by atoms with E-state index in [1.807, 2.05) is 205 Å². The Kier molecular flexibility index (Phi) is 18.6. The monoisotopic (exact) mass is 1440 g/mol. The first-order valence-corrected chi connectivity index (χ1v) is 35.5. The highest BCUT2D eigenvalue weighted by Crippen LogP contribution is 2.36. The maximum Gasteiger partial charge on any atom is 0.276 e. The van der Waals surface area contributed by atoms with E-state index in [-0.39, 0.29) is 29.9 Å². The molecule has 0 radical (unpaired) electrons. The Morgan fingerprint density at radius 2 is 0.963 bits per heavy atom. The predicted octanol–water partition coefficient (Wildman–Crippen LogP) is 17.2. The van der Waals surface area contributed by atoms with E-state index in [9.17, 15) is 18.4 Å². The zero-order chi connectivity index (χ0) is 73.8. The van der Waals surface area contributed by atoms with Gasteiger partial charge in [-0.1, -0.05) is 109 Å². The third-order valence-electron chi connectivity index (χ3n) is 19.4. The summed E-state index contributed by atoms with van der Waals surface area (Å²) >= 11 is 0. The Hall–Kier alpha value is -14.1. The van der Waals surface area contributed by atoms with Crippen LogP contribution in [0.3, 0.4) is 0 Å². The molecule has 0 aliphatic carbocycles. The van der Waals surface area contributed by atoms with Crippen molar-refractivity contribution in [1.29, 1.82) is 0 Å². The molecular weight excluding hydrogens is 1370 g/mol. The van der Waals surface area contributed by atoms with E-state index in [4.69, 9.17) is 14.9 Å². The average molecular weight is 1440 g/mol. The number of carbonyl (C=O) groups is 3. The topological polar surface area (TPSA) is 241 Å². The second-order valence-corrected chi connectivity index (χ2v) is 26.9. The van der Waals surface area contributed by atoms with Crippen LogP contribution in [-0.4, -0.2) is 101 Å². The lowest BCUT2D eigenvalue weighted by atomic mass is 10.0. The van der Waals surface area contributed by atoms with Gasteiger partial charge in [-0.25, -0.2) is 18.1 Å². The van der Waals surface area contributed by atoms with Crippen LogP contribution in [0, 0.1) is 0 Å². The molecule has 532 valence electrons. The maximum absolute atomic E-state index is 15.1. The Balaban J connectivity index is 0.632. The van der Waals surface area contributed by atoms with Gasteiger partial charge in [-0.15, -0.1) is 0 Å². The van der Waals surface area contributed by atoms with Crippen LogP contribution in [0.15, 0.2) is 280 Å². The predicted molar refractivity (Wildman–Crippen MR) is 415 cm³/mol. The van der Waals surface area contributed by atoms with Gasteiger partial charge in [-0.05, 0) is 153 Å². The number of rotatable bonds is 21. The summed E-state index contributed by atoms with van der Waals surface area (Å²) in [7, 11) is 0. The number of piperidine rings is 1. The number of carbonyl (C=O) groups excluding carboxylic acids is 3. The number of amides is 3. The number of H-pyrrole nitrogens is 1. The Bertz CT molecular complexity index is 6080. The van der Waals surface area contributed by atoms with E-state index < -0.39 is 23.6 Å². The summed E-state index contributed by atoms with van der Waals surface area (Å²) in [6.45, 7) is 1.12. The van der Waals surface area contributed by atoms with Gasteiger partial charge < -0.3 is 20.7 Å². The fraction of sp³-hybridized carbons (Fsp3) is 0.103. The molecule has 7 aromatic carbocycles. The summed E-state index contributed by atoms with van der Waals surface area (Å²) in [6.07, 6.45) is 19.8. The minimum atomic E-state index is -2.63. The van der Waals surface area contributed by atoms with Crippen LogP contribution in [0.25, 0.3) is 77.5 Å². The van der Waals surface area contributed by atoms with E-state index in [1.54, 1.807) is 77.5 Å². The minimum absolute atomic E-state index is 0.166. The van der Waals surface area contributed by atoms with Crippen LogP contribution in [0.4, 0.5) is 25.8 Å². The molecule has 10 heterocycles. The number of halogens is 2. The van der Waals surface area contributed by atoms with E-state index in [2.05, 4.69) is 68.2 Å². The second kappa shape index (κ2) is 29.8. The van der Waals surface area contributed by atoms with Gasteiger partial charge in [0.05, 0.1) is 69.8 Å². The van der Waals surface area contributed by atoms with Gasteiger partial charge in [-0.3, -0.25) is 54.3 Å². The number of nitrogens with one attached hydrogen (secondary N) is 4. The van der Waals surface area contributed by atoms with Crippen molar-refractivity contribution in [3.8, 4) is 56.3 Å². The van der Waals surface area contributed by atoms with Crippen LogP contribution in [0.5, 0.6) is 11.5 Å². The van der Waals surface area contributed by atoms with Crippen molar-refractivity contribution < 1.29 is 27.9 Å². The zero-order valence-corrected chi connectivity index (χ0v) is 58.5. The molecule has 1 saturated heterocycles. The molecule has 1 aliphatic heterocycles. The van der Waals surface area contributed by atoms with Crippen molar-refractivity contribution in [2.45, 2.75) is 44.6 Å². The van der Waals surface area contributed by atoms with Gasteiger partial charge in [0.1, 0.15) is 11.5 Å². The molecule has 1 fully saturated rings. The summed E-state index contributed by atoms with van der Waals surface area (Å²) in [5, 5.41) is 28.7. The zero-order valence-electron chi connectivity index (χ0n) is 58.5. The summed E-state index contributed by atoms with van der Waals surface area (Å²) in [5.41, 5.74) is 16.5. The standard InChI is InChI=1S/C87H66F2N16O4/c88-87(89)29-32-103(33-30-87)54-58-36-65(48-91-46-58)60-21-26-76-73(41-60)81(100-99-76)84(106)97-69-38-56(44-92-50-69)34-62-14-7-9-19-77(62)104-79-27-22-59(64-16-11-31-90-47-64)42-74(79)83(102-104)86(108)98-70-39-57(45-93-51-70)35-63-15-8-10-20-78(63)105-80-28-23-61(66-40-72(53-94-49-66)109-71-17-5-2-6-18-71)43-75(80)82(101-105)85(107)96-68-25-24-67(95-52-68)37-55-12-3-1-4-13-55/h1-28,31,36,38-53H,29-30,32-35,37,54H2,(H,96,107)(H,97,106)(H,98,108)(H,99,100). The van der Waals surface area contributed by atoms with Crippen molar-refractivity contribution >= 4 is 67.5 Å². The number of nitrogens with zero attached hydrogens (tertiary/aromatic N) is 12. The normalized spacial score (nSPS) is 12.8. The molecule has 0 spiro atoms. The minimum Gasteiger partial charge on any atom is -0.456 e. The SMILES string of the molecule is O=C(Nc1cncc(Cc2ccccc2-n2nc(C(=O)Nc3cncc(Cc4ccccc4-n4nc(C(=O)Nc5ccc(Cc6ccccc6)nc5)c5cc(-c6cncc(Oc7ccccc7)c6)ccc54)c3)c3cc(-c4cccnc4)ccc32)c1)c1n[nH]c2ccc(-c3cncc(CN4CCC(F)(F)CC4)c3)cc12. The number of pyridine rings is 6. The van der Waals surface area contributed by atoms with Gasteiger partial charge in [0.25, 0.3) is 23.6 Å². The second-order valence-electron chi connectivity index (χ2n) is 26.9. The first kappa shape index (κ1) is 68.0. The lowest BCUT2D eigenvalue weighted by Crippen LogP contribution is -2.38. The number of likely N-dealkylation sites (tertiary alicyclic amines) is 1. The summed E-state index contributed by atoms with van der Waals surface area (Å²) in [6, 6.07) is 67.9. The van der Waals surface area contributed by atoms with E-state index in [1.165, 1.54) is 0 Å². The molecule has 0 atom stereocenters. The maximum atomic E-state index is 15.1. The van der Waals surface area contributed by atoms with Gasteiger partial charge >= 0.3 is 0 Å². The molecule has 0 bridgehead atoms. The Morgan fingerprint density at radius 1 is 0.422 bits per heavy atom. The number of anilines is 3. The first-order valence-electron chi connectivity index (χ1n) is 35.5. The number of fused-ring (bicyclic) bond motifs is 3. The molecule has 22 heteroatoms. The van der Waals surface area contributed by atoms with Gasteiger partial charge in [0.2, 0.25) is 0 Å². The number of benzene rings is 7. The van der Waals surface area contributed by atoms with Crippen molar-refractivity contribution in [3.63, 3.8) is 0 Å². The lowest BCUT2D eigenvalue weighted by molar-refractivity contribution is -0.0566. The summed E-state index contributed by atoms with van der Waals surface area (Å²) < 4.78 is 37.6. The molecule has 0 unspecified atom stereocenters. The third kappa shape index (κ3) is 15.0. The molecule has 109 heavy (non-hydrogen) atoms. The Labute approximate surface area is 623 Å². The quantitative estimate of drug-likeness (QED) is 0.0523. The fourth-order valence-electron chi connectivity index (χ4n) is 13.9. The van der Waals surface area contributed by atoms with Crippen LogP contribution in [0.1, 0.15) is 83.4 Å². The number of hydrogen-bond acceptors (Lipinski definition) is 14. The summed E-state index contributed by atoms with van der Waals surface area (Å²) in [4.78, 5) is 73.3. The van der Waals surface area contributed by atoms with Crippen molar-refractivity contribution in [1.82, 2.24) is 64.6 Å². The smallest absolute Gasteiger partial charge is 0.276 e. The molecule has 4 N–H and O–H groups in total. The molecule has 9 aromatic heterocycles. The molecule has 0 saturated carbocycles.